The Morgan fingerprint density at radius 1 is 0.964 bits per heavy atom. The molecule has 0 aliphatic heterocycles. The summed E-state index contributed by atoms with van der Waals surface area (Å²) in [5.74, 6) is -1.01. The van der Waals surface area contributed by atoms with Crippen molar-refractivity contribution in [3.05, 3.63) is 65.3 Å². The molecule has 0 heterocycles. The zero-order chi connectivity index (χ0) is 20.7. The summed E-state index contributed by atoms with van der Waals surface area (Å²) in [5, 5.41) is 0. The molecule has 0 unspecified atom stereocenters. The highest BCUT2D eigenvalue weighted by Gasteiger charge is 2.26. The van der Waals surface area contributed by atoms with Crippen LogP contribution in [0.15, 0.2) is 64.6 Å². The van der Waals surface area contributed by atoms with Crippen LogP contribution < -0.4 is 0 Å². The number of carbonyl (C=O) groups is 2. The number of rotatable bonds is 6. The molecular weight excluding hydrogens is 376 g/mol. The number of hydrogen-bond acceptors (Lipinski definition) is 6. The Morgan fingerprint density at radius 3 is 2.21 bits per heavy atom. The molecule has 0 N–H and O–H groups in total. The number of thioether (sulfide) groups is 1. The van der Waals surface area contributed by atoms with E-state index >= 15 is 0 Å². The van der Waals surface area contributed by atoms with Gasteiger partial charge in [0, 0.05) is 4.90 Å². The molecule has 28 heavy (non-hydrogen) atoms. The molecule has 5 nitrogen and oxygen atoms in total. The van der Waals surface area contributed by atoms with Crippen molar-refractivity contribution in [3.63, 3.8) is 0 Å². The van der Waals surface area contributed by atoms with Gasteiger partial charge in [-0.1, -0.05) is 54.2 Å². The third-order valence-corrected chi connectivity index (χ3v) is 4.59. The van der Waals surface area contributed by atoms with Gasteiger partial charge in [0.1, 0.15) is 16.8 Å². The van der Waals surface area contributed by atoms with Gasteiger partial charge in [0.25, 0.3) is 0 Å². The predicted molar refractivity (Wildman–Crippen MR) is 110 cm³/mol. The van der Waals surface area contributed by atoms with Crippen molar-refractivity contribution in [2.45, 2.75) is 31.3 Å². The van der Waals surface area contributed by atoms with Crippen molar-refractivity contribution in [2.75, 3.05) is 14.2 Å². The molecule has 6 heteroatoms. The number of carbonyl (C=O) groups excluding carboxylic acids is 2. The van der Waals surface area contributed by atoms with Gasteiger partial charge in [0.05, 0.1) is 19.8 Å². The Balaban J connectivity index is 2.60. The second-order valence-corrected chi connectivity index (χ2v) is 7.94. The molecule has 0 spiro atoms. The van der Waals surface area contributed by atoms with Gasteiger partial charge in [0.15, 0.2) is 0 Å². The van der Waals surface area contributed by atoms with Crippen LogP contribution >= 0.6 is 11.8 Å². The van der Waals surface area contributed by atoms with E-state index in [-0.39, 0.29) is 4.91 Å². The van der Waals surface area contributed by atoms with E-state index in [4.69, 9.17) is 14.2 Å². The second-order valence-electron chi connectivity index (χ2n) is 6.86. The molecule has 0 saturated heterocycles. The predicted octanol–water partition coefficient (Wildman–Crippen LogP) is 5.06. The van der Waals surface area contributed by atoms with E-state index in [0.29, 0.717) is 10.5 Å². The summed E-state index contributed by atoms with van der Waals surface area (Å²) in [6.07, 6.45) is 1.30. The minimum Gasteiger partial charge on any atom is -0.503 e. The molecule has 2 rings (SSSR count). The number of ether oxygens (including phenoxy) is 3. The Kier molecular flexibility index (Phi) is 7.29. The minimum atomic E-state index is -0.656. The molecule has 0 amide bonds. The Bertz CT molecular complexity index is 866. The van der Waals surface area contributed by atoms with E-state index in [0.717, 1.165) is 22.9 Å². The monoisotopic (exact) mass is 400 g/mol. The molecule has 2 aromatic rings. The summed E-state index contributed by atoms with van der Waals surface area (Å²) in [7, 11) is 2.74. The van der Waals surface area contributed by atoms with E-state index in [2.05, 4.69) is 0 Å². The third-order valence-electron chi connectivity index (χ3n) is 3.55. The van der Waals surface area contributed by atoms with Crippen LogP contribution in [-0.2, 0) is 19.0 Å². The average molecular weight is 400 g/mol. The molecule has 0 aromatic heterocycles. The summed E-state index contributed by atoms with van der Waals surface area (Å²) >= 11 is 1.10. The maximum absolute atomic E-state index is 13.1. The minimum absolute atomic E-state index is 0.222. The lowest BCUT2D eigenvalue weighted by atomic mass is 9.99. The van der Waals surface area contributed by atoms with E-state index in [1.165, 1.54) is 20.5 Å². The normalized spacial score (nSPS) is 11.7. The van der Waals surface area contributed by atoms with Crippen molar-refractivity contribution in [1.29, 1.82) is 0 Å². The van der Waals surface area contributed by atoms with Crippen LogP contribution in [0.3, 0.4) is 0 Å². The van der Waals surface area contributed by atoms with Crippen molar-refractivity contribution in [3.8, 4) is 11.1 Å². The van der Waals surface area contributed by atoms with Gasteiger partial charge in [-0.2, -0.15) is 0 Å². The summed E-state index contributed by atoms with van der Waals surface area (Å²) in [5.41, 5.74) is 1.33. The SMILES string of the molecule is COC=C(Sc1cccc(-c2ccccc2)c1C(=O)OC(C)(C)C)C(=O)OC. The highest BCUT2D eigenvalue weighted by molar-refractivity contribution is 8.04. The zero-order valence-electron chi connectivity index (χ0n) is 16.6. The largest absolute Gasteiger partial charge is 0.503 e. The fraction of sp³-hybridized carbons (Fsp3) is 0.273. The van der Waals surface area contributed by atoms with Crippen LogP contribution in [0.5, 0.6) is 0 Å². The van der Waals surface area contributed by atoms with Crippen molar-refractivity contribution in [1.82, 2.24) is 0 Å². The van der Waals surface area contributed by atoms with Gasteiger partial charge in [-0.05, 0) is 38.0 Å². The number of methoxy groups -OCH3 is 2. The smallest absolute Gasteiger partial charge is 0.347 e. The maximum atomic E-state index is 13.1. The number of hydrogen-bond donors (Lipinski definition) is 0. The summed E-state index contributed by atoms with van der Waals surface area (Å²) in [4.78, 5) is 25.9. The highest BCUT2D eigenvalue weighted by Crippen LogP contribution is 2.37. The zero-order valence-corrected chi connectivity index (χ0v) is 17.5. The van der Waals surface area contributed by atoms with Crippen LogP contribution in [0.25, 0.3) is 11.1 Å². The van der Waals surface area contributed by atoms with Crippen LogP contribution in [0.2, 0.25) is 0 Å². The lowest BCUT2D eigenvalue weighted by Gasteiger charge is -2.22. The first-order valence-corrected chi connectivity index (χ1v) is 9.49. The lowest BCUT2D eigenvalue weighted by molar-refractivity contribution is -0.135. The topological polar surface area (TPSA) is 61.8 Å². The molecule has 148 valence electrons. The van der Waals surface area contributed by atoms with Crippen LogP contribution in [0.4, 0.5) is 0 Å². The van der Waals surface area contributed by atoms with Crippen LogP contribution in [0.1, 0.15) is 31.1 Å². The standard InChI is InChI=1S/C22H24O5S/c1-22(2,3)27-21(24)19-16(15-10-7-6-8-11-15)12-9-13-17(19)28-18(14-25-4)20(23)26-5/h6-14H,1-5H3. The van der Waals surface area contributed by atoms with E-state index in [1.54, 1.807) is 6.07 Å². The van der Waals surface area contributed by atoms with Crippen LogP contribution in [0, 0.1) is 0 Å². The van der Waals surface area contributed by atoms with Crippen molar-refractivity contribution < 1.29 is 23.8 Å². The fourth-order valence-electron chi connectivity index (χ4n) is 2.45. The average Bonchev–Trinajstić information content (AvgIpc) is 2.66. The Labute approximate surface area is 169 Å². The Morgan fingerprint density at radius 2 is 1.64 bits per heavy atom. The van der Waals surface area contributed by atoms with Gasteiger partial charge in [-0.15, -0.1) is 0 Å². The molecule has 0 radical (unpaired) electrons. The lowest BCUT2D eigenvalue weighted by Crippen LogP contribution is -2.24. The number of benzene rings is 2. The van der Waals surface area contributed by atoms with Gasteiger partial charge in [-0.25, -0.2) is 9.59 Å². The summed E-state index contributed by atoms with van der Waals surface area (Å²) in [6, 6.07) is 15.0. The van der Waals surface area contributed by atoms with Gasteiger partial charge in [0.2, 0.25) is 0 Å². The van der Waals surface area contributed by atoms with E-state index in [9.17, 15) is 9.59 Å². The molecule has 0 bridgehead atoms. The van der Waals surface area contributed by atoms with Crippen LogP contribution in [-0.4, -0.2) is 31.8 Å². The van der Waals surface area contributed by atoms with Crippen molar-refractivity contribution >= 4 is 23.7 Å². The summed E-state index contributed by atoms with van der Waals surface area (Å²) < 4.78 is 15.4. The first-order valence-electron chi connectivity index (χ1n) is 8.67. The second kappa shape index (κ2) is 9.46. The van der Waals surface area contributed by atoms with E-state index < -0.39 is 17.5 Å². The maximum Gasteiger partial charge on any atom is 0.347 e. The molecule has 2 aromatic carbocycles. The first-order chi connectivity index (χ1) is 13.3. The first kappa shape index (κ1) is 21.6. The summed E-state index contributed by atoms with van der Waals surface area (Å²) in [6.45, 7) is 5.44. The third kappa shape index (κ3) is 5.63. The van der Waals surface area contributed by atoms with Gasteiger partial charge in [-0.3, -0.25) is 0 Å². The van der Waals surface area contributed by atoms with Gasteiger partial charge < -0.3 is 14.2 Å². The Hall–Kier alpha value is -2.73. The van der Waals surface area contributed by atoms with E-state index in [1.807, 2.05) is 63.2 Å². The molecule has 0 atom stereocenters. The highest BCUT2D eigenvalue weighted by atomic mass is 32.2. The number of esters is 2. The fourth-order valence-corrected chi connectivity index (χ4v) is 3.44. The molecular formula is C22H24O5S. The molecule has 0 fully saturated rings. The van der Waals surface area contributed by atoms with Gasteiger partial charge >= 0.3 is 11.9 Å². The quantitative estimate of drug-likeness (QED) is 0.292. The molecule has 0 saturated carbocycles. The molecule has 0 aliphatic carbocycles. The van der Waals surface area contributed by atoms with Crippen molar-refractivity contribution in [2.24, 2.45) is 0 Å². The molecule has 0 aliphatic rings.